The third-order valence-electron chi connectivity index (χ3n) is 2.34. The van der Waals surface area contributed by atoms with Gasteiger partial charge in [0, 0.05) is 18.7 Å². The van der Waals surface area contributed by atoms with Crippen molar-refractivity contribution in [2.75, 3.05) is 5.32 Å². The quantitative estimate of drug-likeness (QED) is 0.879. The lowest BCUT2D eigenvalue weighted by molar-refractivity contribution is 0.908. The van der Waals surface area contributed by atoms with Gasteiger partial charge in [-0.2, -0.15) is 0 Å². The van der Waals surface area contributed by atoms with Gasteiger partial charge in [-0.3, -0.25) is 0 Å². The van der Waals surface area contributed by atoms with Gasteiger partial charge in [-0.1, -0.05) is 6.92 Å². The molecule has 0 saturated heterocycles. The van der Waals surface area contributed by atoms with E-state index in [4.69, 9.17) is 0 Å². The fraction of sp³-hybridized carbons (Fsp3) is 0.333. The molecule has 94 valence electrons. The summed E-state index contributed by atoms with van der Waals surface area (Å²) < 4.78 is 0.788. The fourth-order valence-electron chi connectivity index (χ4n) is 1.50. The van der Waals surface area contributed by atoms with Crippen molar-refractivity contribution in [3.8, 4) is 0 Å². The smallest absolute Gasteiger partial charge is 0.131 e. The standard InChI is InChI=1S/C12H14BrN5/c1-3-11-17-10(13)6-12(18-11)15-7-9-4-5-14-8(2)16-9/h4-6H,3,7H2,1-2H3,(H,15,17,18). The van der Waals surface area contributed by atoms with Crippen molar-refractivity contribution >= 4 is 21.7 Å². The maximum Gasteiger partial charge on any atom is 0.131 e. The van der Waals surface area contributed by atoms with E-state index in [0.29, 0.717) is 6.54 Å². The van der Waals surface area contributed by atoms with Gasteiger partial charge >= 0.3 is 0 Å². The first-order valence-electron chi connectivity index (χ1n) is 5.73. The number of anilines is 1. The molecule has 2 aromatic heterocycles. The van der Waals surface area contributed by atoms with E-state index >= 15 is 0 Å². The molecule has 0 aliphatic rings. The van der Waals surface area contributed by atoms with Crippen LogP contribution in [0.5, 0.6) is 0 Å². The van der Waals surface area contributed by atoms with Gasteiger partial charge in [0.1, 0.15) is 22.1 Å². The zero-order chi connectivity index (χ0) is 13.0. The first kappa shape index (κ1) is 12.9. The summed E-state index contributed by atoms with van der Waals surface area (Å²) in [5.41, 5.74) is 0.940. The minimum absolute atomic E-state index is 0.621. The van der Waals surface area contributed by atoms with E-state index in [-0.39, 0.29) is 0 Å². The predicted octanol–water partition coefficient (Wildman–Crippen LogP) is 2.51. The molecule has 0 amide bonds. The molecular formula is C12H14BrN5. The van der Waals surface area contributed by atoms with Gasteiger partial charge in [0.25, 0.3) is 0 Å². The Balaban J connectivity index is 2.08. The van der Waals surface area contributed by atoms with Gasteiger partial charge in [-0.15, -0.1) is 0 Å². The van der Waals surface area contributed by atoms with Crippen molar-refractivity contribution in [1.29, 1.82) is 0 Å². The van der Waals surface area contributed by atoms with Crippen LogP contribution in [-0.4, -0.2) is 19.9 Å². The van der Waals surface area contributed by atoms with Crippen LogP contribution in [0.2, 0.25) is 0 Å². The van der Waals surface area contributed by atoms with Crippen LogP contribution in [0.3, 0.4) is 0 Å². The van der Waals surface area contributed by atoms with E-state index in [1.54, 1.807) is 6.20 Å². The van der Waals surface area contributed by atoms with E-state index < -0.39 is 0 Å². The second kappa shape index (κ2) is 5.86. The van der Waals surface area contributed by atoms with Crippen LogP contribution in [0.4, 0.5) is 5.82 Å². The second-order valence-electron chi connectivity index (χ2n) is 3.79. The Morgan fingerprint density at radius 3 is 2.83 bits per heavy atom. The number of nitrogens with zero attached hydrogens (tertiary/aromatic N) is 4. The number of hydrogen-bond donors (Lipinski definition) is 1. The second-order valence-corrected chi connectivity index (χ2v) is 4.61. The third-order valence-corrected chi connectivity index (χ3v) is 2.75. The summed E-state index contributed by atoms with van der Waals surface area (Å²) >= 11 is 3.37. The third kappa shape index (κ3) is 3.46. The minimum Gasteiger partial charge on any atom is -0.364 e. The molecule has 2 rings (SSSR count). The van der Waals surface area contributed by atoms with Crippen LogP contribution in [0.1, 0.15) is 24.3 Å². The highest BCUT2D eigenvalue weighted by Gasteiger charge is 2.02. The number of halogens is 1. The van der Waals surface area contributed by atoms with Crippen molar-refractivity contribution < 1.29 is 0 Å². The SMILES string of the molecule is CCc1nc(Br)cc(NCc2ccnc(C)n2)n1. The van der Waals surface area contributed by atoms with Crippen LogP contribution in [0, 0.1) is 6.92 Å². The highest BCUT2D eigenvalue weighted by Crippen LogP contribution is 2.13. The summed E-state index contributed by atoms with van der Waals surface area (Å²) in [7, 11) is 0. The van der Waals surface area contributed by atoms with Gasteiger partial charge in [0.15, 0.2) is 0 Å². The first-order chi connectivity index (χ1) is 8.67. The molecule has 0 unspecified atom stereocenters. The largest absolute Gasteiger partial charge is 0.364 e. The van der Waals surface area contributed by atoms with Crippen molar-refractivity contribution in [3.05, 3.63) is 40.3 Å². The molecule has 0 atom stereocenters. The Kier molecular flexibility index (Phi) is 4.19. The topological polar surface area (TPSA) is 63.6 Å². The van der Waals surface area contributed by atoms with Gasteiger partial charge in [-0.25, -0.2) is 19.9 Å². The Morgan fingerprint density at radius 2 is 2.11 bits per heavy atom. The number of aryl methyl sites for hydroxylation is 2. The summed E-state index contributed by atoms with van der Waals surface area (Å²) in [6.07, 6.45) is 2.56. The van der Waals surface area contributed by atoms with Crippen molar-refractivity contribution in [2.45, 2.75) is 26.8 Å². The normalized spacial score (nSPS) is 10.4. The van der Waals surface area contributed by atoms with E-state index in [1.807, 2.05) is 26.0 Å². The fourth-order valence-corrected chi connectivity index (χ4v) is 1.92. The predicted molar refractivity (Wildman–Crippen MR) is 73.2 cm³/mol. The van der Waals surface area contributed by atoms with Crippen LogP contribution in [0.25, 0.3) is 0 Å². The zero-order valence-electron chi connectivity index (χ0n) is 10.3. The highest BCUT2D eigenvalue weighted by molar-refractivity contribution is 9.10. The number of aromatic nitrogens is 4. The summed E-state index contributed by atoms with van der Waals surface area (Å²) in [5, 5.41) is 3.23. The lowest BCUT2D eigenvalue weighted by Gasteiger charge is -2.07. The Bertz CT molecular complexity index is 544. The highest BCUT2D eigenvalue weighted by atomic mass is 79.9. The van der Waals surface area contributed by atoms with Gasteiger partial charge in [0.2, 0.25) is 0 Å². The van der Waals surface area contributed by atoms with Crippen LogP contribution in [-0.2, 0) is 13.0 Å². The molecule has 0 radical (unpaired) electrons. The molecule has 6 heteroatoms. The molecule has 0 spiro atoms. The van der Waals surface area contributed by atoms with Crippen LogP contribution >= 0.6 is 15.9 Å². The van der Waals surface area contributed by atoms with Crippen LogP contribution in [0.15, 0.2) is 22.9 Å². The minimum atomic E-state index is 0.621. The molecule has 0 saturated carbocycles. The molecule has 2 heterocycles. The monoisotopic (exact) mass is 307 g/mol. The molecule has 0 aromatic carbocycles. The van der Waals surface area contributed by atoms with E-state index in [2.05, 4.69) is 41.2 Å². The molecule has 1 N–H and O–H groups in total. The maximum atomic E-state index is 4.39. The molecule has 0 bridgehead atoms. The summed E-state index contributed by atoms with van der Waals surface area (Å²) in [4.78, 5) is 17.0. The van der Waals surface area contributed by atoms with Crippen molar-refractivity contribution in [1.82, 2.24) is 19.9 Å². The number of rotatable bonds is 4. The first-order valence-corrected chi connectivity index (χ1v) is 6.52. The summed E-state index contributed by atoms with van der Waals surface area (Å²) in [6, 6.07) is 3.74. The average Bonchev–Trinajstić information content (AvgIpc) is 2.36. The lowest BCUT2D eigenvalue weighted by atomic mass is 10.4. The Labute approximate surface area is 114 Å². The van der Waals surface area contributed by atoms with Crippen molar-refractivity contribution in [3.63, 3.8) is 0 Å². The lowest BCUT2D eigenvalue weighted by Crippen LogP contribution is -2.06. The molecule has 0 aliphatic heterocycles. The van der Waals surface area contributed by atoms with Gasteiger partial charge < -0.3 is 5.32 Å². The molecule has 0 fully saturated rings. The maximum absolute atomic E-state index is 4.39. The molecule has 5 nitrogen and oxygen atoms in total. The van der Waals surface area contributed by atoms with Gasteiger partial charge in [0.05, 0.1) is 12.2 Å². The van der Waals surface area contributed by atoms with E-state index in [1.165, 1.54) is 0 Å². The molecule has 2 aromatic rings. The average molecular weight is 308 g/mol. The molecule has 0 aliphatic carbocycles. The van der Waals surface area contributed by atoms with E-state index in [0.717, 1.165) is 34.2 Å². The van der Waals surface area contributed by atoms with E-state index in [9.17, 15) is 0 Å². The summed E-state index contributed by atoms with van der Waals surface area (Å²) in [5.74, 6) is 2.38. The summed E-state index contributed by atoms with van der Waals surface area (Å²) in [6.45, 7) is 4.52. The zero-order valence-corrected chi connectivity index (χ0v) is 11.9. The number of nitrogens with one attached hydrogen (secondary N) is 1. The molecular weight excluding hydrogens is 294 g/mol. The molecule has 18 heavy (non-hydrogen) atoms. The Hall–Kier alpha value is -1.56. The van der Waals surface area contributed by atoms with Gasteiger partial charge in [-0.05, 0) is 28.9 Å². The number of hydrogen-bond acceptors (Lipinski definition) is 5. The van der Waals surface area contributed by atoms with Crippen LogP contribution < -0.4 is 5.32 Å². The van der Waals surface area contributed by atoms with Crippen molar-refractivity contribution in [2.24, 2.45) is 0 Å². The Morgan fingerprint density at radius 1 is 1.28 bits per heavy atom.